The lowest BCUT2D eigenvalue weighted by Gasteiger charge is -2.08. The molecule has 1 amide bonds. The molecule has 0 radical (unpaired) electrons. The van der Waals surface area contributed by atoms with Gasteiger partial charge in [-0.2, -0.15) is 0 Å². The lowest BCUT2D eigenvalue weighted by molar-refractivity contribution is -0.115. The lowest BCUT2D eigenvalue weighted by Crippen LogP contribution is -2.19. The molecule has 1 aliphatic heterocycles. The van der Waals surface area contributed by atoms with Gasteiger partial charge in [0.2, 0.25) is 0 Å². The molecule has 1 aromatic heterocycles. The number of halogens is 2. The van der Waals surface area contributed by atoms with E-state index < -0.39 is 0 Å². The lowest BCUT2D eigenvalue weighted by atomic mass is 10.1. The summed E-state index contributed by atoms with van der Waals surface area (Å²) in [4.78, 5) is 17.9. The number of benzene rings is 3. The number of hydrogen-bond donors (Lipinski definition) is 1. The fraction of sp³-hybridized carbons (Fsp3) is 0.111. The predicted octanol–water partition coefficient (Wildman–Crippen LogP) is 7.45. The van der Waals surface area contributed by atoms with Gasteiger partial charge in [-0.05, 0) is 65.7 Å². The van der Waals surface area contributed by atoms with Crippen LogP contribution in [0.5, 0.6) is 0 Å². The number of nitrogens with one attached hydrogen (secondary N) is 1. The van der Waals surface area contributed by atoms with Crippen LogP contribution in [-0.4, -0.2) is 15.6 Å². The van der Waals surface area contributed by atoms with Crippen LogP contribution in [-0.2, 0) is 17.8 Å². The third kappa shape index (κ3) is 4.78. The van der Waals surface area contributed by atoms with Crippen molar-refractivity contribution in [3.8, 4) is 0 Å². The van der Waals surface area contributed by atoms with Crippen molar-refractivity contribution in [1.82, 2.24) is 9.88 Å². The highest BCUT2D eigenvalue weighted by Gasteiger charge is 2.24. The number of thioether (sulfide) groups is 1. The van der Waals surface area contributed by atoms with Crippen LogP contribution in [0.4, 0.5) is 5.69 Å². The molecule has 1 saturated heterocycles. The Labute approximate surface area is 212 Å². The number of aromatic nitrogens is 1. The summed E-state index contributed by atoms with van der Waals surface area (Å²) in [6.07, 6.45) is 4.95. The van der Waals surface area contributed by atoms with Crippen molar-refractivity contribution in [2.75, 3.05) is 0 Å². The van der Waals surface area contributed by atoms with Gasteiger partial charge in [-0.1, -0.05) is 66.5 Å². The Morgan fingerprint density at radius 1 is 1.06 bits per heavy atom. The van der Waals surface area contributed by atoms with Crippen molar-refractivity contribution in [2.24, 2.45) is 4.99 Å². The van der Waals surface area contributed by atoms with Gasteiger partial charge < -0.3 is 9.88 Å². The largest absolute Gasteiger partial charge is 0.342 e. The van der Waals surface area contributed by atoms with Crippen LogP contribution < -0.4 is 5.32 Å². The summed E-state index contributed by atoms with van der Waals surface area (Å²) < 4.78 is 2.14. The van der Waals surface area contributed by atoms with E-state index in [2.05, 4.69) is 52.3 Å². The van der Waals surface area contributed by atoms with Gasteiger partial charge in [0, 0.05) is 39.3 Å². The Hall–Kier alpha value is -2.99. The highest BCUT2D eigenvalue weighted by molar-refractivity contribution is 8.18. The Balaban J connectivity index is 1.45. The van der Waals surface area contributed by atoms with Crippen LogP contribution >= 0.6 is 35.0 Å². The topological polar surface area (TPSA) is 46.4 Å². The van der Waals surface area contributed by atoms with Crippen LogP contribution in [0.2, 0.25) is 10.0 Å². The molecule has 1 N–H and O–H groups in total. The van der Waals surface area contributed by atoms with Gasteiger partial charge in [0.25, 0.3) is 5.91 Å². The molecule has 0 bridgehead atoms. The zero-order valence-electron chi connectivity index (χ0n) is 18.4. The Morgan fingerprint density at radius 2 is 1.85 bits per heavy atom. The van der Waals surface area contributed by atoms with Gasteiger partial charge in [0.1, 0.15) is 0 Å². The number of fused-ring (bicyclic) bond motifs is 1. The minimum atomic E-state index is -0.147. The van der Waals surface area contributed by atoms with E-state index in [1.807, 2.05) is 42.5 Å². The molecule has 0 saturated carbocycles. The quantitative estimate of drug-likeness (QED) is 0.286. The number of aliphatic imine (C=N–C) groups is 1. The van der Waals surface area contributed by atoms with Crippen LogP contribution in [0.25, 0.3) is 17.0 Å². The molecule has 34 heavy (non-hydrogen) atoms. The summed E-state index contributed by atoms with van der Waals surface area (Å²) in [7, 11) is 0. The first-order valence-corrected chi connectivity index (χ1v) is 12.5. The number of aryl methyl sites for hydroxylation is 1. The molecule has 0 aliphatic carbocycles. The molecule has 5 rings (SSSR count). The molecule has 7 heteroatoms. The predicted molar refractivity (Wildman–Crippen MR) is 144 cm³/mol. The Bertz CT molecular complexity index is 1450. The van der Waals surface area contributed by atoms with Gasteiger partial charge in [-0.15, -0.1) is 0 Å². The van der Waals surface area contributed by atoms with Crippen molar-refractivity contribution < 1.29 is 4.79 Å². The number of carbonyl (C=O) groups excluding carboxylic acids is 1. The second-order valence-corrected chi connectivity index (χ2v) is 9.84. The first-order valence-electron chi connectivity index (χ1n) is 10.9. The van der Waals surface area contributed by atoms with Crippen molar-refractivity contribution in [2.45, 2.75) is 19.9 Å². The van der Waals surface area contributed by atoms with E-state index in [1.54, 1.807) is 6.07 Å². The normalized spacial score (nSPS) is 16.0. The van der Waals surface area contributed by atoms with Gasteiger partial charge in [-0.25, -0.2) is 4.99 Å². The van der Waals surface area contributed by atoms with Crippen LogP contribution in [0.15, 0.2) is 82.8 Å². The van der Waals surface area contributed by atoms with Gasteiger partial charge in [0.05, 0.1) is 10.6 Å². The molecular formula is C27H21Cl2N3OS. The second kappa shape index (κ2) is 9.71. The number of amidine groups is 1. The number of hydrogen-bond acceptors (Lipinski definition) is 3. The zero-order valence-corrected chi connectivity index (χ0v) is 20.7. The smallest absolute Gasteiger partial charge is 0.264 e. The summed E-state index contributed by atoms with van der Waals surface area (Å²) in [5, 5.41) is 5.76. The summed E-state index contributed by atoms with van der Waals surface area (Å²) >= 11 is 13.8. The molecule has 2 heterocycles. The third-order valence-corrected chi connectivity index (χ3v) is 7.18. The average molecular weight is 506 g/mol. The maximum Gasteiger partial charge on any atom is 0.264 e. The first kappa shape index (κ1) is 22.8. The number of rotatable bonds is 5. The van der Waals surface area contributed by atoms with Crippen molar-refractivity contribution in [3.05, 3.63) is 105 Å². The maximum atomic E-state index is 12.7. The number of para-hydroxylation sites is 1. The van der Waals surface area contributed by atoms with E-state index in [-0.39, 0.29) is 5.91 Å². The molecule has 1 aliphatic rings. The van der Waals surface area contributed by atoms with Crippen LogP contribution in [0.1, 0.15) is 23.6 Å². The van der Waals surface area contributed by atoms with E-state index in [9.17, 15) is 4.79 Å². The molecule has 4 nitrogen and oxygen atoms in total. The van der Waals surface area contributed by atoms with Gasteiger partial charge in [0.15, 0.2) is 5.17 Å². The fourth-order valence-corrected chi connectivity index (χ4v) is 5.20. The van der Waals surface area contributed by atoms with Crippen molar-refractivity contribution >= 4 is 68.7 Å². The molecule has 4 aromatic rings. The molecule has 0 unspecified atom stereocenters. The Morgan fingerprint density at radius 3 is 2.62 bits per heavy atom. The average Bonchev–Trinajstić information content (AvgIpc) is 3.36. The zero-order chi connectivity index (χ0) is 23.7. The van der Waals surface area contributed by atoms with Crippen molar-refractivity contribution in [1.29, 1.82) is 0 Å². The monoisotopic (exact) mass is 505 g/mol. The Kier molecular flexibility index (Phi) is 6.50. The highest BCUT2D eigenvalue weighted by Crippen LogP contribution is 2.32. The third-order valence-electron chi connectivity index (χ3n) is 5.69. The van der Waals surface area contributed by atoms with Gasteiger partial charge >= 0.3 is 0 Å². The van der Waals surface area contributed by atoms with Crippen molar-refractivity contribution in [3.63, 3.8) is 0 Å². The molecule has 3 aromatic carbocycles. The summed E-state index contributed by atoms with van der Waals surface area (Å²) in [5.74, 6) is -0.147. The van der Waals surface area contributed by atoms with E-state index >= 15 is 0 Å². The van der Waals surface area contributed by atoms with Gasteiger partial charge in [-0.3, -0.25) is 4.79 Å². The highest BCUT2D eigenvalue weighted by atomic mass is 35.5. The number of nitrogens with zero attached hydrogens (tertiary/aromatic N) is 2. The molecule has 0 spiro atoms. The maximum absolute atomic E-state index is 12.7. The fourth-order valence-electron chi connectivity index (χ4n) is 3.90. The molecule has 0 atom stereocenters. The summed E-state index contributed by atoms with van der Waals surface area (Å²) in [6.45, 7) is 2.71. The summed E-state index contributed by atoms with van der Waals surface area (Å²) in [5.41, 5.74) is 5.07. The number of amides is 1. The molecule has 1 fully saturated rings. The van der Waals surface area contributed by atoms with Crippen LogP contribution in [0, 0.1) is 0 Å². The number of carbonyl (C=O) groups is 1. The van der Waals surface area contributed by atoms with E-state index in [0.29, 0.717) is 26.7 Å². The SMILES string of the molecule is CCc1ccc(N=C2NC(=O)/C(=C/c3cn(Cc4ccc(Cl)cc4Cl)c4ccccc34)S2)cc1. The molecule has 170 valence electrons. The van der Waals surface area contributed by atoms with E-state index in [0.717, 1.165) is 34.1 Å². The van der Waals surface area contributed by atoms with E-state index in [4.69, 9.17) is 23.2 Å². The minimum absolute atomic E-state index is 0.147. The summed E-state index contributed by atoms with van der Waals surface area (Å²) in [6, 6.07) is 21.7. The standard InChI is InChI=1S/C27H21Cl2N3OS/c1-2-17-7-11-21(12-8-17)30-27-31-26(33)25(34-27)13-19-16-32(24-6-4-3-5-22(19)24)15-18-9-10-20(28)14-23(18)29/h3-14,16H,2,15H2,1H3,(H,30,31,33)/b25-13-. The second-order valence-electron chi connectivity index (χ2n) is 7.97. The van der Waals surface area contributed by atoms with Crippen LogP contribution in [0.3, 0.4) is 0 Å². The minimum Gasteiger partial charge on any atom is -0.342 e. The first-order chi connectivity index (χ1) is 16.5. The molecular weight excluding hydrogens is 485 g/mol. The van der Waals surface area contributed by atoms with E-state index in [1.165, 1.54) is 17.3 Å².